The number of methoxy groups -OCH3 is 1. The molecule has 0 saturated carbocycles. The van der Waals surface area contributed by atoms with Crippen molar-refractivity contribution in [3.05, 3.63) is 63.0 Å². The molecule has 0 unspecified atom stereocenters. The number of halogens is 1. The molecule has 3 rings (SSSR count). The van der Waals surface area contributed by atoms with E-state index < -0.39 is 0 Å². The molecule has 0 aliphatic carbocycles. The molecule has 1 heterocycles. The van der Waals surface area contributed by atoms with Gasteiger partial charge in [0.2, 0.25) is 0 Å². The van der Waals surface area contributed by atoms with Crippen molar-refractivity contribution in [2.24, 2.45) is 0 Å². The number of imide groups is 1. The van der Waals surface area contributed by atoms with E-state index in [4.69, 9.17) is 9.47 Å². The molecule has 1 aliphatic rings. The van der Waals surface area contributed by atoms with Crippen LogP contribution in [0.25, 0.3) is 6.08 Å². The van der Waals surface area contributed by atoms with E-state index in [-0.39, 0.29) is 17.2 Å². The van der Waals surface area contributed by atoms with Crippen LogP contribution in [-0.2, 0) is 11.4 Å². The summed E-state index contributed by atoms with van der Waals surface area (Å²) in [6.45, 7) is 4.24. The topological polar surface area (TPSA) is 55.8 Å². The van der Waals surface area contributed by atoms with Crippen LogP contribution in [0, 0.1) is 0 Å². The highest BCUT2D eigenvalue weighted by molar-refractivity contribution is 9.10. The van der Waals surface area contributed by atoms with Gasteiger partial charge in [-0.3, -0.25) is 14.5 Å². The molecule has 1 aliphatic heterocycles. The van der Waals surface area contributed by atoms with Crippen LogP contribution >= 0.6 is 27.7 Å². The smallest absolute Gasteiger partial charge is 0.293 e. The van der Waals surface area contributed by atoms with E-state index in [0.29, 0.717) is 23.0 Å². The van der Waals surface area contributed by atoms with Crippen molar-refractivity contribution in [2.75, 3.05) is 7.11 Å². The normalized spacial score (nSPS) is 16.4. The van der Waals surface area contributed by atoms with Gasteiger partial charge in [0, 0.05) is 10.5 Å². The van der Waals surface area contributed by atoms with Gasteiger partial charge in [0.15, 0.2) is 11.5 Å². The van der Waals surface area contributed by atoms with Crippen LogP contribution in [0.2, 0.25) is 0 Å². The van der Waals surface area contributed by atoms with Crippen LogP contribution in [0.1, 0.15) is 31.4 Å². The molecule has 0 radical (unpaired) electrons. The molecule has 5 nitrogen and oxygen atoms in total. The van der Waals surface area contributed by atoms with Gasteiger partial charge in [-0.05, 0) is 54.4 Å². The maximum absolute atomic E-state index is 12.7. The first-order valence-electron chi connectivity index (χ1n) is 9.26. The van der Waals surface area contributed by atoms with Gasteiger partial charge in [-0.1, -0.05) is 53.2 Å². The summed E-state index contributed by atoms with van der Waals surface area (Å²) in [5.74, 6) is 0.884. The number of ether oxygens (including phenoxy) is 2. The van der Waals surface area contributed by atoms with Gasteiger partial charge in [-0.25, -0.2) is 0 Å². The average molecular weight is 476 g/mol. The molecule has 152 valence electrons. The van der Waals surface area contributed by atoms with Gasteiger partial charge in [-0.2, -0.15) is 0 Å². The summed E-state index contributed by atoms with van der Waals surface area (Å²) in [6, 6.07) is 13.3. The second kappa shape index (κ2) is 9.50. The second-order valence-electron chi connectivity index (χ2n) is 6.61. The molecule has 2 aromatic carbocycles. The molecule has 2 aromatic rings. The number of rotatable bonds is 7. The summed E-state index contributed by atoms with van der Waals surface area (Å²) in [5, 5.41) is -0.235. The highest BCUT2D eigenvalue weighted by Gasteiger charge is 2.37. The molecule has 29 heavy (non-hydrogen) atoms. The van der Waals surface area contributed by atoms with Gasteiger partial charge in [0.1, 0.15) is 6.61 Å². The summed E-state index contributed by atoms with van der Waals surface area (Å²) in [5.41, 5.74) is 1.79. The predicted molar refractivity (Wildman–Crippen MR) is 119 cm³/mol. The van der Waals surface area contributed by atoms with Crippen LogP contribution in [0.15, 0.2) is 51.8 Å². The first-order valence-corrected chi connectivity index (χ1v) is 10.9. The Balaban J connectivity index is 1.84. The molecule has 1 atom stereocenters. The number of carbonyl (C=O) groups is 2. The Morgan fingerprint density at radius 3 is 2.55 bits per heavy atom. The van der Waals surface area contributed by atoms with Crippen LogP contribution in [0.3, 0.4) is 0 Å². The molecule has 0 aromatic heterocycles. The zero-order valence-corrected chi connectivity index (χ0v) is 18.9. The molecular formula is C22H22BrNO4S. The predicted octanol–water partition coefficient (Wildman–Crippen LogP) is 5.87. The largest absolute Gasteiger partial charge is 0.493 e. The maximum Gasteiger partial charge on any atom is 0.293 e. The van der Waals surface area contributed by atoms with Gasteiger partial charge < -0.3 is 9.47 Å². The molecule has 0 N–H and O–H groups in total. The van der Waals surface area contributed by atoms with Gasteiger partial charge in [0.05, 0.1) is 12.0 Å². The number of hydrogen-bond donors (Lipinski definition) is 0. The van der Waals surface area contributed by atoms with Crippen LogP contribution in [0.5, 0.6) is 11.5 Å². The molecule has 1 fully saturated rings. The summed E-state index contributed by atoms with van der Waals surface area (Å²) < 4.78 is 12.1. The summed E-state index contributed by atoms with van der Waals surface area (Å²) in [7, 11) is 1.57. The molecule has 1 saturated heterocycles. The Hall–Kier alpha value is -2.25. The number of carbonyl (C=O) groups excluding carboxylic acids is 2. The van der Waals surface area contributed by atoms with Gasteiger partial charge in [0.25, 0.3) is 11.1 Å². The number of nitrogens with zero attached hydrogens (tertiary/aromatic N) is 1. The van der Waals surface area contributed by atoms with Crippen molar-refractivity contribution < 1.29 is 19.1 Å². The molecule has 0 spiro atoms. The van der Waals surface area contributed by atoms with Crippen molar-refractivity contribution in [3.63, 3.8) is 0 Å². The number of benzene rings is 2. The van der Waals surface area contributed by atoms with E-state index in [1.165, 1.54) is 4.90 Å². The van der Waals surface area contributed by atoms with Crippen molar-refractivity contribution in [2.45, 2.75) is 32.9 Å². The first kappa shape index (κ1) is 21.5. The van der Waals surface area contributed by atoms with E-state index in [0.717, 1.165) is 33.8 Å². The average Bonchev–Trinajstić information content (AvgIpc) is 3.01. The van der Waals surface area contributed by atoms with E-state index >= 15 is 0 Å². The molecule has 2 amide bonds. The van der Waals surface area contributed by atoms with E-state index in [1.54, 1.807) is 19.3 Å². The van der Waals surface area contributed by atoms with Crippen LogP contribution < -0.4 is 9.47 Å². The minimum Gasteiger partial charge on any atom is -0.493 e. The fraction of sp³-hybridized carbons (Fsp3) is 0.273. The zero-order valence-electron chi connectivity index (χ0n) is 16.5. The lowest BCUT2D eigenvalue weighted by atomic mass is 10.1. The van der Waals surface area contributed by atoms with E-state index in [1.807, 2.05) is 50.2 Å². The minimum absolute atomic E-state index is 0.125. The van der Waals surface area contributed by atoms with Crippen molar-refractivity contribution in [1.82, 2.24) is 4.90 Å². The Kier molecular flexibility index (Phi) is 7.03. The zero-order chi connectivity index (χ0) is 21.0. The lowest BCUT2D eigenvalue weighted by molar-refractivity contribution is -0.124. The molecule has 0 bridgehead atoms. The van der Waals surface area contributed by atoms with Gasteiger partial charge in [-0.15, -0.1) is 0 Å². The van der Waals surface area contributed by atoms with Crippen molar-refractivity contribution in [1.29, 1.82) is 0 Å². The summed E-state index contributed by atoms with van der Waals surface area (Å²) >= 11 is 4.50. The Morgan fingerprint density at radius 2 is 1.90 bits per heavy atom. The minimum atomic E-state index is -0.260. The molecule has 7 heteroatoms. The maximum atomic E-state index is 12.7. The summed E-state index contributed by atoms with van der Waals surface area (Å²) in [4.78, 5) is 26.6. The third kappa shape index (κ3) is 4.85. The fourth-order valence-corrected chi connectivity index (χ4v) is 4.21. The number of thioether (sulfide) groups is 1. The van der Waals surface area contributed by atoms with Crippen molar-refractivity contribution in [3.8, 4) is 11.5 Å². The molecular weight excluding hydrogens is 454 g/mol. The van der Waals surface area contributed by atoms with Crippen LogP contribution in [0.4, 0.5) is 4.79 Å². The number of hydrogen-bond acceptors (Lipinski definition) is 5. The first-order chi connectivity index (χ1) is 13.9. The van der Waals surface area contributed by atoms with Crippen LogP contribution in [-0.4, -0.2) is 29.2 Å². The monoisotopic (exact) mass is 475 g/mol. The Labute approximate surface area is 183 Å². The SMILES string of the molecule is CC[C@H](C)N1C(=O)S/C(=C/c2cc(OC)c(OCc3ccccc3)cc2Br)C1=O. The third-order valence-corrected chi connectivity index (χ3v) is 6.23. The van der Waals surface area contributed by atoms with Crippen molar-refractivity contribution >= 4 is 44.9 Å². The lowest BCUT2D eigenvalue weighted by Gasteiger charge is -2.19. The highest BCUT2D eigenvalue weighted by Crippen LogP contribution is 2.39. The standard InChI is InChI=1S/C22H22BrNO4S/c1-4-14(2)24-21(25)20(29-22(24)26)11-16-10-18(27-3)19(12-17(16)23)28-13-15-8-6-5-7-9-15/h5-12,14H,4,13H2,1-3H3/b20-11+/t14-/m0/s1. The Morgan fingerprint density at radius 1 is 1.17 bits per heavy atom. The quantitative estimate of drug-likeness (QED) is 0.468. The Bertz CT molecular complexity index is 945. The second-order valence-corrected chi connectivity index (χ2v) is 8.46. The van der Waals surface area contributed by atoms with Gasteiger partial charge >= 0.3 is 0 Å². The summed E-state index contributed by atoms with van der Waals surface area (Å²) in [6.07, 6.45) is 2.43. The highest BCUT2D eigenvalue weighted by atomic mass is 79.9. The fourth-order valence-electron chi connectivity index (χ4n) is 2.85. The van der Waals surface area contributed by atoms with E-state index in [2.05, 4.69) is 15.9 Å². The third-order valence-electron chi connectivity index (χ3n) is 4.66. The van der Waals surface area contributed by atoms with E-state index in [9.17, 15) is 9.59 Å². The number of amides is 2. The lowest BCUT2D eigenvalue weighted by Crippen LogP contribution is -2.36.